The Labute approximate surface area is 433 Å². The van der Waals surface area contributed by atoms with Gasteiger partial charge in [0.2, 0.25) is 0 Å². The van der Waals surface area contributed by atoms with Crippen LogP contribution in [0.4, 0.5) is 0 Å². The van der Waals surface area contributed by atoms with E-state index in [-0.39, 0.29) is 0 Å². The second kappa shape index (κ2) is 20.6. The molecule has 3 heteroatoms. The monoisotopic (exact) mass is 945 g/mol. The minimum Gasteiger partial charge on any atom is -0.260 e. The molecule has 12 rings (SSSR count). The summed E-state index contributed by atoms with van der Waals surface area (Å²) in [6.07, 6.45) is 6.93. The van der Waals surface area contributed by atoms with Gasteiger partial charge in [-0.15, -0.1) is 0 Å². The molecule has 0 N–H and O–H groups in total. The van der Waals surface area contributed by atoms with Crippen molar-refractivity contribution in [2.24, 2.45) is 0 Å². The van der Waals surface area contributed by atoms with Crippen molar-refractivity contribution < 1.29 is 0 Å². The maximum atomic E-state index is 5.17. The molecular weight excluding hydrogens is 895 g/mol. The summed E-state index contributed by atoms with van der Waals surface area (Å²) in [4.78, 5) is 15.4. The molecule has 0 saturated heterocycles. The molecule has 0 aliphatic carbocycles. The van der Waals surface area contributed by atoms with E-state index >= 15 is 0 Å². The largest absolute Gasteiger partial charge is 0.260 e. The lowest BCUT2D eigenvalue weighted by Gasteiger charge is -2.20. The Balaban J connectivity index is 1.07. The summed E-state index contributed by atoms with van der Waals surface area (Å²) in [6.45, 7) is 2.19. The van der Waals surface area contributed by atoms with Crippen LogP contribution in [0.2, 0.25) is 0 Å². The number of aromatic nitrogens is 3. The summed E-state index contributed by atoms with van der Waals surface area (Å²) in [7, 11) is 0. The molecule has 350 valence electrons. The Morgan fingerprint density at radius 1 is 0.243 bits per heavy atom. The Morgan fingerprint density at radius 3 is 1.03 bits per heavy atom. The van der Waals surface area contributed by atoms with Crippen molar-refractivity contribution >= 4 is 0 Å². The fraction of sp³-hybridized carbons (Fsp3) is 0.0282. The molecule has 0 spiro atoms. The molecule has 12 aromatic rings. The summed E-state index contributed by atoms with van der Waals surface area (Å²) in [5.41, 5.74) is 25.3. The van der Waals surface area contributed by atoms with E-state index in [0.717, 1.165) is 129 Å². The molecule has 0 radical (unpaired) electrons. The summed E-state index contributed by atoms with van der Waals surface area (Å²) < 4.78 is 0. The van der Waals surface area contributed by atoms with E-state index in [1.807, 2.05) is 18.3 Å². The predicted octanol–water partition coefficient (Wildman–Crippen LogP) is 18.4. The molecule has 0 aliphatic rings. The zero-order valence-electron chi connectivity index (χ0n) is 41.1. The van der Waals surface area contributed by atoms with Crippen molar-refractivity contribution in [3.63, 3.8) is 0 Å². The quantitative estimate of drug-likeness (QED) is 0.122. The maximum absolute atomic E-state index is 5.17. The van der Waals surface area contributed by atoms with Gasteiger partial charge in [0.15, 0.2) is 0 Å². The van der Waals surface area contributed by atoms with Gasteiger partial charge in [-0.2, -0.15) is 0 Å². The van der Waals surface area contributed by atoms with Crippen molar-refractivity contribution in [3.05, 3.63) is 296 Å². The van der Waals surface area contributed by atoms with Crippen LogP contribution in [0.15, 0.2) is 279 Å². The molecular formula is C71H51N3. The first-order valence-corrected chi connectivity index (χ1v) is 25.3. The van der Waals surface area contributed by atoms with E-state index in [0.29, 0.717) is 0 Å². The molecule has 3 nitrogen and oxygen atoms in total. The van der Waals surface area contributed by atoms with Crippen LogP contribution in [0.5, 0.6) is 0 Å². The average molecular weight is 946 g/mol. The first kappa shape index (κ1) is 45.6. The molecule has 0 aliphatic heterocycles. The highest BCUT2D eigenvalue weighted by molar-refractivity contribution is 5.98. The van der Waals surface area contributed by atoms with Gasteiger partial charge >= 0.3 is 0 Å². The normalized spacial score (nSPS) is 11.1. The van der Waals surface area contributed by atoms with Gasteiger partial charge in [-0.3, -0.25) is 15.0 Å². The third kappa shape index (κ3) is 9.39. The van der Waals surface area contributed by atoms with Crippen molar-refractivity contribution in [3.8, 4) is 112 Å². The number of aryl methyl sites for hydroxylation is 1. The third-order valence-corrected chi connectivity index (χ3v) is 14.0. The van der Waals surface area contributed by atoms with Gasteiger partial charge in [-0.25, -0.2) is 0 Å². The van der Waals surface area contributed by atoms with Crippen molar-refractivity contribution in [1.29, 1.82) is 0 Å². The first-order chi connectivity index (χ1) is 36.6. The second-order valence-corrected chi connectivity index (χ2v) is 18.8. The van der Waals surface area contributed by atoms with Crippen LogP contribution in [-0.2, 0) is 6.42 Å². The standard InChI is InChI=1S/C71H51N3/c1-49-39-70(53-29-13-5-14-30-53)73-46-67(49)62-36-20-17-33-59(62)55-41-56(60-34-18-21-37-63(60)68-47-72-58(40-50-23-7-2-8-24-50)44-65(68)51-25-9-3-10-26-51)43-57(42-55)61-35-19-22-38-64(61)69-48-74-71(54-31-15-6-16-32-54)45-66(69)52-27-11-4-12-28-52/h2-39,41-48H,40H2,1H3. The molecule has 0 saturated carbocycles. The number of hydrogen-bond acceptors (Lipinski definition) is 3. The molecule has 0 atom stereocenters. The number of nitrogens with zero attached hydrogens (tertiary/aromatic N) is 3. The van der Waals surface area contributed by atoms with E-state index < -0.39 is 0 Å². The van der Waals surface area contributed by atoms with E-state index in [2.05, 4.69) is 268 Å². The summed E-state index contributed by atoms with van der Waals surface area (Å²) in [5, 5.41) is 0. The van der Waals surface area contributed by atoms with E-state index in [9.17, 15) is 0 Å². The number of pyridine rings is 3. The SMILES string of the molecule is Cc1cc(-c2ccccc2)ncc1-c1ccccc1-c1cc(-c2ccccc2-c2cnc(Cc3ccccc3)cc2-c2ccccc2)cc(-c2ccccc2-c2cnc(-c3ccccc3)cc2-c2ccccc2)c1. The molecule has 0 fully saturated rings. The highest BCUT2D eigenvalue weighted by Crippen LogP contribution is 2.45. The van der Waals surface area contributed by atoms with Gasteiger partial charge in [-0.1, -0.05) is 224 Å². The highest BCUT2D eigenvalue weighted by atomic mass is 14.7. The van der Waals surface area contributed by atoms with Crippen LogP contribution >= 0.6 is 0 Å². The first-order valence-electron chi connectivity index (χ1n) is 25.3. The van der Waals surface area contributed by atoms with Crippen molar-refractivity contribution in [2.45, 2.75) is 13.3 Å². The molecule has 0 bridgehead atoms. The molecule has 0 amide bonds. The molecule has 0 unspecified atom stereocenters. The third-order valence-electron chi connectivity index (χ3n) is 14.0. The van der Waals surface area contributed by atoms with E-state index in [1.54, 1.807) is 0 Å². The van der Waals surface area contributed by atoms with E-state index in [1.165, 1.54) is 5.56 Å². The van der Waals surface area contributed by atoms with Crippen LogP contribution < -0.4 is 0 Å². The molecule has 74 heavy (non-hydrogen) atoms. The Morgan fingerprint density at radius 2 is 0.581 bits per heavy atom. The van der Waals surface area contributed by atoms with Crippen molar-refractivity contribution in [2.75, 3.05) is 0 Å². The smallest absolute Gasteiger partial charge is 0.0708 e. The van der Waals surface area contributed by atoms with Crippen LogP contribution in [0.25, 0.3) is 112 Å². The molecule has 3 heterocycles. The lowest BCUT2D eigenvalue weighted by molar-refractivity contribution is 1.08. The Bertz CT molecular complexity index is 3910. The zero-order chi connectivity index (χ0) is 49.6. The lowest BCUT2D eigenvalue weighted by atomic mass is 9.84. The van der Waals surface area contributed by atoms with Crippen LogP contribution in [0.1, 0.15) is 16.8 Å². The predicted molar refractivity (Wildman–Crippen MR) is 308 cm³/mol. The highest BCUT2D eigenvalue weighted by Gasteiger charge is 2.21. The maximum Gasteiger partial charge on any atom is 0.0708 e. The summed E-state index contributed by atoms with van der Waals surface area (Å²) in [5.74, 6) is 0. The summed E-state index contributed by atoms with van der Waals surface area (Å²) in [6, 6.07) is 93.1. The topological polar surface area (TPSA) is 38.7 Å². The fourth-order valence-electron chi connectivity index (χ4n) is 10.4. The summed E-state index contributed by atoms with van der Waals surface area (Å²) >= 11 is 0. The van der Waals surface area contributed by atoms with E-state index in [4.69, 9.17) is 15.0 Å². The number of rotatable bonds is 12. The zero-order valence-corrected chi connectivity index (χ0v) is 41.1. The van der Waals surface area contributed by atoms with Gasteiger partial charge in [0.1, 0.15) is 0 Å². The van der Waals surface area contributed by atoms with Crippen molar-refractivity contribution in [1.82, 2.24) is 15.0 Å². The lowest BCUT2D eigenvalue weighted by Crippen LogP contribution is -1.97. The number of benzene rings is 9. The van der Waals surface area contributed by atoms with Gasteiger partial charge in [0.05, 0.1) is 11.4 Å². The van der Waals surface area contributed by atoms with Gasteiger partial charge in [0.25, 0.3) is 0 Å². The van der Waals surface area contributed by atoms with Gasteiger partial charge in [0, 0.05) is 58.5 Å². The average Bonchev–Trinajstić information content (AvgIpc) is 3.48. The van der Waals surface area contributed by atoms with Crippen LogP contribution in [-0.4, -0.2) is 15.0 Å². The van der Waals surface area contributed by atoms with Gasteiger partial charge in [-0.05, 0) is 127 Å². The minimum absolute atomic E-state index is 0.743. The van der Waals surface area contributed by atoms with Crippen LogP contribution in [0.3, 0.4) is 0 Å². The number of hydrogen-bond donors (Lipinski definition) is 0. The minimum atomic E-state index is 0.743. The Kier molecular flexibility index (Phi) is 12.7. The molecule has 9 aromatic carbocycles. The molecule has 3 aromatic heterocycles. The van der Waals surface area contributed by atoms with Crippen LogP contribution in [0, 0.1) is 6.92 Å². The van der Waals surface area contributed by atoms with Gasteiger partial charge < -0.3 is 0 Å². The second-order valence-electron chi connectivity index (χ2n) is 18.8. The fourth-order valence-corrected chi connectivity index (χ4v) is 10.4. The Hall–Kier alpha value is -9.57.